The van der Waals surface area contributed by atoms with E-state index in [0.29, 0.717) is 11.0 Å². The highest BCUT2D eigenvalue weighted by molar-refractivity contribution is 6.10. The van der Waals surface area contributed by atoms with Gasteiger partial charge >= 0.3 is 5.63 Å². The summed E-state index contributed by atoms with van der Waals surface area (Å²) in [5.41, 5.74) is 8.57. The molecule has 0 aliphatic rings. The third kappa shape index (κ3) is 2.22. The van der Waals surface area contributed by atoms with Crippen molar-refractivity contribution >= 4 is 21.7 Å². The van der Waals surface area contributed by atoms with Crippen LogP contribution in [0.3, 0.4) is 0 Å². The Morgan fingerprint density at radius 3 is 2.12 bits per heavy atom. The van der Waals surface area contributed by atoms with Gasteiger partial charge in [0, 0.05) is 16.3 Å². The van der Waals surface area contributed by atoms with Crippen LogP contribution in [0, 0.1) is 34.6 Å². The quantitative estimate of drug-likeness (QED) is 0.306. The molecule has 2 heteroatoms. The van der Waals surface area contributed by atoms with E-state index in [0.717, 1.165) is 21.9 Å². The van der Waals surface area contributed by atoms with Gasteiger partial charge in [-0.3, -0.25) is 0 Å². The van der Waals surface area contributed by atoms with Crippen molar-refractivity contribution in [1.29, 1.82) is 0 Å². The van der Waals surface area contributed by atoms with Gasteiger partial charge in [0.1, 0.15) is 5.58 Å². The normalized spacial score (nSPS) is 11.4. The molecule has 2 nitrogen and oxygen atoms in total. The minimum absolute atomic E-state index is 0.265. The zero-order valence-corrected chi connectivity index (χ0v) is 15.9. The van der Waals surface area contributed by atoms with Crippen molar-refractivity contribution in [2.75, 3.05) is 0 Å². The SMILES string of the molecule is Cc1ccccc1-c1c(C)c(C)c2c(oc(=O)c3cccc(C)c32)c1C. The predicted molar refractivity (Wildman–Crippen MR) is 109 cm³/mol. The molecule has 1 heterocycles. The zero-order valence-electron chi connectivity index (χ0n) is 15.9. The number of aryl methyl sites for hydroxylation is 4. The Bertz CT molecular complexity index is 1240. The Kier molecular flexibility index (Phi) is 3.73. The molecule has 0 radical (unpaired) electrons. The van der Waals surface area contributed by atoms with Crippen molar-refractivity contribution in [3.8, 4) is 11.1 Å². The third-order valence-corrected chi connectivity index (χ3v) is 5.61. The molecule has 0 atom stereocenters. The van der Waals surface area contributed by atoms with Crippen LogP contribution < -0.4 is 5.63 Å². The highest BCUT2D eigenvalue weighted by Gasteiger charge is 2.20. The van der Waals surface area contributed by atoms with E-state index in [9.17, 15) is 4.79 Å². The maximum Gasteiger partial charge on any atom is 0.344 e. The van der Waals surface area contributed by atoms with E-state index in [4.69, 9.17) is 4.42 Å². The van der Waals surface area contributed by atoms with E-state index in [1.54, 1.807) is 0 Å². The molecular weight excluding hydrogens is 320 g/mol. The van der Waals surface area contributed by atoms with Gasteiger partial charge in [-0.15, -0.1) is 0 Å². The van der Waals surface area contributed by atoms with Gasteiger partial charge in [0.05, 0.1) is 5.39 Å². The molecule has 0 aliphatic carbocycles. The zero-order chi connectivity index (χ0) is 18.6. The molecule has 0 fully saturated rings. The van der Waals surface area contributed by atoms with E-state index >= 15 is 0 Å². The van der Waals surface area contributed by atoms with Crippen molar-refractivity contribution in [3.05, 3.63) is 80.7 Å². The molecule has 0 bridgehead atoms. The van der Waals surface area contributed by atoms with Crippen LogP contribution in [0.25, 0.3) is 32.9 Å². The van der Waals surface area contributed by atoms with Gasteiger partial charge < -0.3 is 4.42 Å². The highest BCUT2D eigenvalue weighted by Crippen LogP contribution is 2.39. The van der Waals surface area contributed by atoms with E-state index < -0.39 is 0 Å². The minimum Gasteiger partial charge on any atom is -0.422 e. The van der Waals surface area contributed by atoms with Crippen LogP contribution in [0.1, 0.15) is 27.8 Å². The monoisotopic (exact) mass is 342 g/mol. The Labute approximate surface area is 153 Å². The van der Waals surface area contributed by atoms with Crippen LogP contribution in [0.15, 0.2) is 51.7 Å². The maximum atomic E-state index is 12.6. The van der Waals surface area contributed by atoms with E-state index in [1.165, 1.54) is 27.8 Å². The van der Waals surface area contributed by atoms with Crippen LogP contribution in [0.5, 0.6) is 0 Å². The molecule has 0 saturated heterocycles. The van der Waals surface area contributed by atoms with Gasteiger partial charge in [-0.2, -0.15) is 0 Å². The lowest BCUT2D eigenvalue weighted by atomic mass is 9.86. The second-order valence-electron chi connectivity index (χ2n) is 7.16. The molecule has 3 aromatic carbocycles. The predicted octanol–water partition coefficient (Wildman–Crippen LogP) is 6.16. The number of benzene rings is 3. The number of fused-ring (bicyclic) bond motifs is 3. The third-order valence-electron chi connectivity index (χ3n) is 5.61. The van der Waals surface area contributed by atoms with Crippen LogP contribution in [-0.2, 0) is 0 Å². The minimum atomic E-state index is -0.265. The summed E-state index contributed by atoms with van der Waals surface area (Å²) in [5, 5.41) is 2.73. The lowest BCUT2D eigenvalue weighted by Crippen LogP contribution is -2.05. The fourth-order valence-electron chi connectivity index (χ4n) is 4.13. The Morgan fingerprint density at radius 1 is 0.692 bits per heavy atom. The van der Waals surface area contributed by atoms with Gasteiger partial charge in [0.25, 0.3) is 0 Å². The molecule has 4 aromatic rings. The van der Waals surface area contributed by atoms with Crippen LogP contribution >= 0.6 is 0 Å². The first-order chi connectivity index (χ1) is 12.4. The number of rotatable bonds is 1. The number of hydrogen-bond donors (Lipinski definition) is 0. The lowest BCUT2D eigenvalue weighted by Gasteiger charge is -2.19. The van der Waals surface area contributed by atoms with E-state index in [1.807, 2.05) is 18.2 Å². The largest absolute Gasteiger partial charge is 0.422 e. The molecular formula is C24H22O2. The first kappa shape index (κ1) is 16.6. The van der Waals surface area contributed by atoms with Gasteiger partial charge in [-0.1, -0.05) is 36.4 Å². The summed E-state index contributed by atoms with van der Waals surface area (Å²) in [6.45, 7) is 10.5. The number of hydrogen-bond acceptors (Lipinski definition) is 2. The van der Waals surface area contributed by atoms with Crippen molar-refractivity contribution < 1.29 is 4.42 Å². The molecule has 4 rings (SSSR count). The topological polar surface area (TPSA) is 30.2 Å². The summed E-state index contributed by atoms with van der Waals surface area (Å²) in [7, 11) is 0. The summed E-state index contributed by atoms with van der Waals surface area (Å²) in [5.74, 6) is 0. The smallest absolute Gasteiger partial charge is 0.344 e. The highest BCUT2D eigenvalue weighted by atomic mass is 16.4. The standard InChI is InChI=1S/C24H22O2/c1-13-9-6-7-11-18(13)21-15(3)16(4)22-20-14(2)10-8-12-19(20)24(25)26-23(22)17(21)5/h6-12H,1-5H3. The molecule has 0 saturated carbocycles. The summed E-state index contributed by atoms with van der Waals surface area (Å²) >= 11 is 0. The van der Waals surface area contributed by atoms with Gasteiger partial charge in [-0.25, -0.2) is 4.79 Å². The molecule has 130 valence electrons. The molecule has 0 amide bonds. The summed E-state index contributed by atoms with van der Waals surface area (Å²) in [6.07, 6.45) is 0. The summed E-state index contributed by atoms with van der Waals surface area (Å²) in [6, 6.07) is 14.2. The molecule has 0 aliphatic heterocycles. The second kappa shape index (κ2) is 5.84. The molecule has 1 aromatic heterocycles. The first-order valence-electron chi connectivity index (χ1n) is 8.93. The lowest BCUT2D eigenvalue weighted by molar-refractivity contribution is 0.567. The molecule has 26 heavy (non-hydrogen) atoms. The fraction of sp³-hybridized carbons (Fsp3) is 0.208. The van der Waals surface area contributed by atoms with Gasteiger partial charge in [0.2, 0.25) is 0 Å². The van der Waals surface area contributed by atoms with Crippen molar-refractivity contribution in [1.82, 2.24) is 0 Å². The fourth-order valence-corrected chi connectivity index (χ4v) is 4.13. The van der Waals surface area contributed by atoms with Crippen LogP contribution in [0.4, 0.5) is 0 Å². The van der Waals surface area contributed by atoms with Crippen molar-refractivity contribution in [2.24, 2.45) is 0 Å². The summed E-state index contributed by atoms with van der Waals surface area (Å²) in [4.78, 5) is 12.6. The van der Waals surface area contributed by atoms with Crippen LogP contribution in [0.2, 0.25) is 0 Å². The molecule has 0 N–H and O–H groups in total. The maximum absolute atomic E-state index is 12.6. The van der Waals surface area contributed by atoms with Crippen LogP contribution in [-0.4, -0.2) is 0 Å². The average Bonchev–Trinajstić information content (AvgIpc) is 2.62. The first-order valence-corrected chi connectivity index (χ1v) is 8.93. The second-order valence-corrected chi connectivity index (χ2v) is 7.16. The molecule has 0 spiro atoms. The van der Waals surface area contributed by atoms with Gasteiger partial charge in [0.15, 0.2) is 0 Å². The van der Waals surface area contributed by atoms with E-state index in [-0.39, 0.29) is 5.63 Å². The Hall–Kier alpha value is -2.87. The summed E-state index contributed by atoms with van der Waals surface area (Å²) < 4.78 is 5.84. The van der Waals surface area contributed by atoms with E-state index in [2.05, 4.69) is 58.9 Å². The Morgan fingerprint density at radius 2 is 1.38 bits per heavy atom. The Balaban J connectivity index is 2.28. The van der Waals surface area contributed by atoms with Crippen molar-refractivity contribution in [2.45, 2.75) is 34.6 Å². The molecule has 0 unspecified atom stereocenters. The average molecular weight is 342 g/mol. The van der Waals surface area contributed by atoms with Crippen molar-refractivity contribution in [3.63, 3.8) is 0 Å². The van der Waals surface area contributed by atoms with Gasteiger partial charge in [-0.05, 0) is 74.1 Å².